The Morgan fingerprint density at radius 3 is 2.58 bits per heavy atom. The monoisotopic (exact) mass is 455 g/mol. The minimum absolute atomic E-state index is 0.0153. The number of oxime groups is 1. The number of hydrogen-bond donors (Lipinski definition) is 2. The van der Waals surface area contributed by atoms with Gasteiger partial charge in [-0.1, -0.05) is 32.0 Å². The van der Waals surface area contributed by atoms with Crippen molar-refractivity contribution in [1.29, 1.82) is 0 Å². The lowest BCUT2D eigenvalue weighted by Crippen LogP contribution is -2.38. The minimum Gasteiger partial charge on any atom is -0.392 e. The molecule has 0 radical (unpaired) electrons. The number of rotatable bonds is 4. The number of sulfonamides is 1. The number of carbonyl (C=O) groups is 1. The summed E-state index contributed by atoms with van der Waals surface area (Å²) in [6.45, 7) is 6.77. The molecule has 2 aliphatic rings. The van der Waals surface area contributed by atoms with Gasteiger partial charge in [0.2, 0.25) is 15.9 Å². The van der Waals surface area contributed by atoms with Gasteiger partial charge in [0.15, 0.2) is 0 Å². The molecule has 1 fully saturated rings. The summed E-state index contributed by atoms with van der Waals surface area (Å²) < 4.78 is 43.8. The maximum atomic E-state index is 14.0. The summed E-state index contributed by atoms with van der Waals surface area (Å²) in [6, 6.07) is 3.95. The first-order chi connectivity index (χ1) is 14.4. The fraction of sp³-hybridized carbons (Fsp3) is 0.619. The Morgan fingerprint density at radius 2 is 2.00 bits per heavy atom. The van der Waals surface area contributed by atoms with Gasteiger partial charge in [-0.3, -0.25) is 4.72 Å². The Morgan fingerprint density at radius 1 is 1.32 bits per heavy atom. The zero-order valence-corrected chi connectivity index (χ0v) is 19.1. The molecular weight excluding hydrogens is 425 g/mol. The minimum atomic E-state index is -3.58. The van der Waals surface area contributed by atoms with Crippen LogP contribution >= 0.6 is 0 Å². The molecule has 172 valence electrons. The molecule has 0 bridgehead atoms. The maximum absolute atomic E-state index is 14.0. The molecule has 1 aliphatic carbocycles. The van der Waals surface area contributed by atoms with Crippen molar-refractivity contribution >= 4 is 27.7 Å². The van der Waals surface area contributed by atoms with Crippen LogP contribution in [0.5, 0.6) is 0 Å². The van der Waals surface area contributed by atoms with Crippen molar-refractivity contribution in [2.45, 2.75) is 65.0 Å². The number of anilines is 1. The molecular formula is C21H30FN3O5S. The molecule has 0 unspecified atom stereocenters. The van der Waals surface area contributed by atoms with Gasteiger partial charge in [-0.15, -0.1) is 0 Å². The summed E-state index contributed by atoms with van der Waals surface area (Å²) in [7, 11) is -3.58. The van der Waals surface area contributed by atoms with Crippen molar-refractivity contribution in [2.24, 2.45) is 16.5 Å². The largest absolute Gasteiger partial charge is 0.414 e. The number of carbonyl (C=O) groups excluding carboxylic acids is 1. The van der Waals surface area contributed by atoms with E-state index >= 15 is 0 Å². The van der Waals surface area contributed by atoms with Gasteiger partial charge < -0.3 is 14.9 Å². The van der Waals surface area contributed by atoms with Gasteiger partial charge in [0.25, 0.3) is 0 Å². The molecule has 10 heteroatoms. The Bertz CT molecular complexity index is 964. The van der Waals surface area contributed by atoms with Crippen LogP contribution in [0.2, 0.25) is 0 Å². The molecule has 0 saturated heterocycles. The Kier molecular flexibility index (Phi) is 6.50. The van der Waals surface area contributed by atoms with E-state index < -0.39 is 21.9 Å². The van der Waals surface area contributed by atoms with Crippen molar-refractivity contribution in [3.63, 3.8) is 0 Å². The van der Waals surface area contributed by atoms with Gasteiger partial charge in [0.05, 0.1) is 18.4 Å². The van der Waals surface area contributed by atoms with Gasteiger partial charge in [0.1, 0.15) is 11.4 Å². The molecule has 1 aliphatic heterocycles. The summed E-state index contributed by atoms with van der Waals surface area (Å²) in [6.07, 6.45) is 4.54. The van der Waals surface area contributed by atoms with Crippen LogP contribution in [0.3, 0.4) is 0 Å². The average Bonchev–Trinajstić information content (AvgIpc) is 3.02. The molecule has 3 rings (SSSR count). The quantitative estimate of drug-likeness (QED) is 0.710. The van der Waals surface area contributed by atoms with Crippen molar-refractivity contribution in [2.75, 3.05) is 11.0 Å². The summed E-state index contributed by atoms with van der Waals surface area (Å²) in [5.74, 6) is 0.138. The van der Waals surface area contributed by atoms with Crippen LogP contribution in [0.1, 0.15) is 58.4 Å². The number of hydrogen-bond acceptors (Lipinski definition) is 6. The zero-order chi connectivity index (χ0) is 22.9. The summed E-state index contributed by atoms with van der Waals surface area (Å²) in [4.78, 5) is 17.8. The highest BCUT2D eigenvalue weighted by Gasteiger charge is 2.45. The number of ether oxygens (including phenoxy) is 1. The third kappa shape index (κ3) is 6.32. The molecule has 1 amide bonds. The lowest BCUT2D eigenvalue weighted by molar-refractivity contribution is -0.0640. The maximum Gasteiger partial charge on any atom is 0.414 e. The molecule has 1 saturated carbocycles. The van der Waals surface area contributed by atoms with Crippen LogP contribution in [0.25, 0.3) is 0 Å². The Balaban J connectivity index is 1.46. The predicted octanol–water partition coefficient (Wildman–Crippen LogP) is 4.13. The summed E-state index contributed by atoms with van der Waals surface area (Å²) in [5, 5.41) is 6.50. The van der Waals surface area contributed by atoms with Crippen molar-refractivity contribution in [1.82, 2.24) is 5.32 Å². The standard InChI is InChI=1S/C21H30FN3O5S/c1-20(2,3)15-7-9-21(10-8-15)12-18(24-30-21)29-19(26)23-13-14-5-6-17(16(22)11-14)25-31(4,27)28/h5-6,11,15,25H,7-10,12-13H2,1-4H3,(H,23,26). The van der Waals surface area contributed by atoms with Crippen LogP contribution in [-0.4, -0.2) is 32.3 Å². The molecule has 1 aromatic carbocycles. The first-order valence-electron chi connectivity index (χ1n) is 10.3. The van der Waals surface area contributed by atoms with Gasteiger partial charge in [-0.05, 0) is 54.7 Å². The van der Waals surface area contributed by atoms with E-state index in [1.807, 2.05) is 0 Å². The molecule has 0 aromatic heterocycles. The second-order valence-electron chi connectivity index (χ2n) is 9.51. The summed E-state index contributed by atoms with van der Waals surface area (Å²) in [5.41, 5.74) is 0.176. The number of alkyl carbamates (subject to hydrolysis) is 1. The van der Waals surface area contributed by atoms with E-state index in [9.17, 15) is 17.6 Å². The first-order valence-corrected chi connectivity index (χ1v) is 12.2. The highest BCUT2D eigenvalue weighted by Crippen LogP contribution is 2.46. The smallest absolute Gasteiger partial charge is 0.392 e. The molecule has 1 heterocycles. The molecule has 1 spiro atoms. The van der Waals surface area contributed by atoms with E-state index in [0.29, 0.717) is 17.9 Å². The van der Waals surface area contributed by atoms with Crippen LogP contribution in [0.4, 0.5) is 14.9 Å². The van der Waals surface area contributed by atoms with Crippen LogP contribution < -0.4 is 10.0 Å². The second kappa shape index (κ2) is 8.64. The van der Waals surface area contributed by atoms with Crippen LogP contribution in [-0.2, 0) is 26.1 Å². The molecule has 0 atom stereocenters. The number of amides is 1. The van der Waals surface area contributed by atoms with Crippen molar-refractivity contribution < 1.29 is 27.2 Å². The molecule has 31 heavy (non-hydrogen) atoms. The van der Waals surface area contributed by atoms with E-state index in [-0.39, 0.29) is 29.1 Å². The molecule has 1 aromatic rings. The highest BCUT2D eigenvalue weighted by atomic mass is 32.2. The van der Waals surface area contributed by atoms with E-state index in [1.165, 1.54) is 12.1 Å². The normalized spacial score (nSPS) is 23.8. The number of nitrogens with one attached hydrogen (secondary N) is 2. The molecule has 8 nitrogen and oxygen atoms in total. The lowest BCUT2D eigenvalue weighted by atomic mass is 9.68. The number of benzene rings is 1. The SMILES string of the molecule is CC(C)(C)C1CCC2(CC1)CC(OC(=O)NCc1ccc(NS(C)(=O)=O)c(F)c1)=NO2. The fourth-order valence-corrected chi connectivity index (χ4v) is 4.65. The lowest BCUT2D eigenvalue weighted by Gasteiger charge is -2.40. The Labute approximate surface area is 182 Å². The van der Waals surface area contributed by atoms with E-state index in [2.05, 4.69) is 36.0 Å². The number of halogens is 1. The second-order valence-corrected chi connectivity index (χ2v) is 11.3. The molecule has 2 N–H and O–H groups in total. The summed E-state index contributed by atoms with van der Waals surface area (Å²) >= 11 is 0. The van der Waals surface area contributed by atoms with Gasteiger partial charge in [0, 0.05) is 6.54 Å². The predicted molar refractivity (Wildman–Crippen MR) is 115 cm³/mol. The van der Waals surface area contributed by atoms with E-state index in [0.717, 1.165) is 38.0 Å². The fourth-order valence-electron chi connectivity index (χ4n) is 4.09. The zero-order valence-electron chi connectivity index (χ0n) is 18.3. The average molecular weight is 456 g/mol. The van der Waals surface area contributed by atoms with Crippen molar-refractivity contribution in [3.05, 3.63) is 29.6 Å². The van der Waals surface area contributed by atoms with E-state index in [1.54, 1.807) is 0 Å². The van der Waals surface area contributed by atoms with Gasteiger partial charge in [-0.2, -0.15) is 0 Å². The third-order valence-corrected chi connectivity index (χ3v) is 6.50. The third-order valence-electron chi connectivity index (χ3n) is 5.91. The Hall–Kier alpha value is -2.36. The van der Waals surface area contributed by atoms with Crippen molar-refractivity contribution in [3.8, 4) is 0 Å². The van der Waals surface area contributed by atoms with E-state index in [4.69, 9.17) is 9.57 Å². The van der Waals surface area contributed by atoms with Crippen LogP contribution in [0.15, 0.2) is 23.4 Å². The van der Waals surface area contributed by atoms with Gasteiger partial charge in [-0.25, -0.2) is 17.6 Å². The highest BCUT2D eigenvalue weighted by molar-refractivity contribution is 7.92. The topological polar surface area (TPSA) is 106 Å². The number of nitrogens with zero attached hydrogens (tertiary/aromatic N) is 1. The van der Waals surface area contributed by atoms with Crippen LogP contribution in [0, 0.1) is 17.2 Å². The first kappa shape index (κ1) is 23.3. The van der Waals surface area contributed by atoms with Gasteiger partial charge >= 0.3 is 6.09 Å².